The largest absolute Gasteiger partial charge is 0.438 e. The minimum Gasteiger partial charge on any atom is -0.286 e. The number of ketones is 1. The first-order chi connectivity index (χ1) is 11.5. The topological polar surface area (TPSA) is 92.7 Å². The minimum absolute atomic E-state index is 0.0400. The molecular weight excluding hydrogens is 328 g/mol. The van der Waals surface area contributed by atoms with E-state index in [4.69, 9.17) is 4.52 Å². The number of para-hydroxylation sites is 1. The van der Waals surface area contributed by atoms with Gasteiger partial charge in [-0.15, -0.1) is 0 Å². The first kappa shape index (κ1) is 16.1. The Morgan fingerprint density at radius 2 is 1.88 bits per heavy atom. The van der Waals surface area contributed by atoms with Crippen molar-refractivity contribution < 1.29 is 14.0 Å². The van der Waals surface area contributed by atoms with Crippen LogP contribution in [0.15, 0.2) is 50.9 Å². The molecule has 122 valence electrons. The summed E-state index contributed by atoms with van der Waals surface area (Å²) >= 11 is 1.19. The van der Waals surface area contributed by atoms with Crippen LogP contribution in [0, 0.1) is 13.8 Å². The number of aromatic amines is 1. The molecule has 2 heterocycles. The number of carbonyl (C=O) groups excluding carboxylic acids is 1. The molecule has 8 heteroatoms. The lowest BCUT2D eigenvalue weighted by Crippen LogP contribution is -2.41. The van der Waals surface area contributed by atoms with E-state index in [1.54, 1.807) is 24.3 Å². The van der Waals surface area contributed by atoms with Gasteiger partial charge in [-0.25, -0.2) is 14.8 Å². The minimum atomic E-state index is -0.703. The van der Waals surface area contributed by atoms with Crippen LogP contribution in [0.4, 0.5) is 0 Å². The number of nitrogens with zero attached hydrogens (tertiary/aromatic N) is 3. The third kappa shape index (κ3) is 3.43. The van der Waals surface area contributed by atoms with Crippen LogP contribution in [-0.2, 0) is 0 Å². The molecule has 0 saturated carbocycles. The van der Waals surface area contributed by atoms with Crippen molar-refractivity contribution in [2.24, 2.45) is 0 Å². The van der Waals surface area contributed by atoms with Gasteiger partial charge in [0.15, 0.2) is 5.16 Å². The van der Waals surface area contributed by atoms with Gasteiger partial charge in [0, 0.05) is 23.5 Å². The molecule has 0 aliphatic rings. The molecule has 0 unspecified atom stereocenters. The number of aromatic nitrogens is 4. The number of thioether (sulfide) groups is 1. The number of Topliss-reactive ketones (excluding diaryl/α,β-unsaturated/α-hetero) is 1. The summed E-state index contributed by atoms with van der Waals surface area (Å²) in [5.74, 6) is -0.320. The normalized spacial score (nSPS) is 10.8. The van der Waals surface area contributed by atoms with Gasteiger partial charge in [0.1, 0.15) is 0 Å². The average Bonchev–Trinajstić information content (AvgIpc) is 2.94. The van der Waals surface area contributed by atoms with Gasteiger partial charge in [-0.1, -0.05) is 30.0 Å². The highest BCUT2D eigenvalue weighted by molar-refractivity contribution is 7.99. The van der Waals surface area contributed by atoms with Crippen LogP contribution in [0.25, 0.3) is 5.69 Å². The van der Waals surface area contributed by atoms with Crippen molar-refractivity contribution in [2.45, 2.75) is 19.0 Å². The number of H-pyrrole nitrogens is 1. The number of carbonyl (C=O) groups is 1. The van der Waals surface area contributed by atoms with Crippen molar-refractivity contribution in [1.29, 1.82) is 0 Å². The fourth-order valence-corrected chi connectivity index (χ4v) is 3.04. The van der Waals surface area contributed by atoms with Crippen molar-refractivity contribution in [2.75, 3.05) is 5.75 Å². The summed E-state index contributed by atoms with van der Waals surface area (Å²) in [6, 6.07) is 10.8. The lowest BCUT2D eigenvalue weighted by atomic mass is 10.3. The van der Waals surface area contributed by atoms with Crippen LogP contribution >= 0.6 is 11.8 Å². The van der Waals surface area contributed by atoms with E-state index in [0.717, 1.165) is 11.4 Å². The first-order valence-corrected chi connectivity index (χ1v) is 8.20. The number of hydrogen-bond acceptors (Lipinski definition) is 6. The zero-order valence-corrected chi connectivity index (χ0v) is 14.0. The molecule has 0 atom stereocenters. The van der Waals surface area contributed by atoms with Gasteiger partial charge in [-0.2, -0.15) is 0 Å². The summed E-state index contributed by atoms with van der Waals surface area (Å²) in [6.45, 7) is 3.73. The van der Waals surface area contributed by atoms with Gasteiger partial charge in [0.05, 0.1) is 5.75 Å². The molecule has 0 fully saturated rings. The fourth-order valence-electron chi connectivity index (χ4n) is 2.23. The third-order valence-electron chi connectivity index (χ3n) is 3.22. The third-order valence-corrected chi connectivity index (χ3v) is 4.07. The molecule has 0 amide bonds. The maximum Gasteiger partial charge on any atom is 0.438 e. The summed E-state index contributed by atoms with van der Waals surface area (Å²) < 4.78 is 6.12. The van der Waals surface area contributed by atoms with Crippen LogP contribution < -0.4 is 10.3 Å². The highest BCUT2D eigenvalue weighted by Crippen LogP contribution is 2.15. The molecule has 2 aromatic heterocycles. The Bertz CT molecular complexity index is 914. The molecule has 0 aliphatic carbocycles. The quantitative estimate of drug-likeness (QED) is 0.328. The lowest BCUT2D eigenvalue weighted by molar-refractivity contribution is -0.672. The Labute approximate surface area is 141 Å². The number of nitrogens with one attached hydrogen (secondary N) is 1. The molecule has 0 saturated heterocycles. The molecule has 3 rings (SSSR count). The summed E-state index contributed by atoms with van der Waals surface area (Å²) in [7, 11) is 0. The number of hydrogen-bond donors (Lipinski definition) is 1. The van der Waals surface area contributed by atoms with Crippen LogP contribution in [0.5, 0.6) is 0 Å². The van der Waals surface area contributed by atoms with Crippen LogP contribution in [0.1, 0.15) is 21.9 Å². The van der Waals surface area contributed by atoms with Crippen LogP contribution in [0.3, 0.4) is 0 Å². The zero-order valence-electron chi connectivity index (χ0n) is 13.1. The van der Waals surface area contributed by atoms with E-state index in [1.807, 2.05) is 26.0 Å². The second kappa shape index (κ2) is 6.79. The monoisotopic (exact) mass is 343 g/mol. The molecule has 0 spiro atoms. The standard InChI is InChI=1S/C16H14N4O3S/c1-10-8-11(2)18-16(17-10)24-9-13(21)14-15(22)23-19-20(14)12-6-4-3-5-7-12/h3-8H,9H2,1-2H3/p+1. The molecule has 7 nitrogen and oxygen atoms in total. The highest BCUT2D eigenvalue weighted by atomic mass is 32.2. The predicted molar refractivity (Wildman–Crippen MR) is 87.4 cm³/mol. The summed E-state index contributed by atoms with van der Waals surface area (Å²) in [5, 5.41) is 2.96. The summed E-state index contributed by atoms with van der Waals surface area (Å²) in [6.07, 6.45) is 0. The number of benzene rings is 1. The SMILES string of the molecule is Cc1cc(C)nc(SCC(=O)c2c(=O)o[nH][n+]2-c2ccccc2)n1. The highest BCUT2D eigenvalue weighted by Gasteiger charge is 2.30. The molecule has 0 radical (unpaired) electrons. The predicted octanol–water partition coefficient (Wildman–Crippen LogP) is 1.63. The molecule has 0 bridgehead atoms. The van der Waals surface area contributed by atoms with Crippen molar-refractivity contribution in [3.63, 3.8) is 0 Å². The molecule has 24 heavy (non-hydrogen) atoms. The Balaban J connectivity index is 1.83. The van der Waals surface area contributed by atoms with Crippen molar-refractivity contribution in [1.82, 2.24) is 15.2 Å². The molecule has 1 N–H and O–H groups in total. The van der Waals surface area contributed by atoms with Crippen LogP contribution in [-0.4, -0.2) is 26.8 Å². The van der Waals surface area contributed by atoms with E-state index < -0.39 is 5.63 Å². The second-order valence-corrected chi connectivity index (χ2v) is 6.09. The smallest absolute Gasteiger partial charge is 0.286 e. The van der Waals surface area contributed by atoms with E-state index in [1.165, 1.54) is 16.4 Å². The van der Waals surface area contributed by atoms with E-state index in [0.29, 0.717) is 10.8 Å². The number of aryl methyl sites for hydroxylation is 2. The zero-order chi connectivity index (χ0) is 17.1. The van der Waals surface area contributed by atoms with Gasteiger partial charge in [0.25, 0.3) is 0 Å². The number of rotatable bonds is 5. The summed E-state index contributed by atoms with van der Waals surface area (Å²) in [4.78, 5) is 32.9. The van der Waals surface area contributed by atoms with E-state index >= 15 is 0 Å². The van der Waals surface area contributed by atoms with Crippen molar-refractivity contribution >= 4 is 17.5 Å². The van der Waals surface area contributed by atoms with Crippen molar-refractivity contribution in [3.8, 4) is 5.69 Å². The average molecular weight is 343 g/mol. The Morgan fingerprint density at radius 3 is 2.54 bits per heavy atom. The molecule has 0 aliphatic heterocycles. The second-order valence-electron chi connectivity index (χ2n) is 5.15. The van der Waals surface area contributed by atoms with Gasteiger partial charge >= 0.3 is 11.3 Å². The maximum absolute atomic E-state index is 12.5. The van der Waals surface area contributed by atoms with Crippen LogP contribution in [0.2, 0.25) is 0 Å². The van der Waals surface area contributed by atoms with Gasteiger partial charge in [-0.05, 0) is 29.9 Å². The fraction of sp³-hybridized carbons (Fsp3) is 0.188. The first-order valence-electron chi connectivity index (χ1n) is 7.22. The lowest BCUT2D eigenvalue weighted by Gasteiger charge is -2.01. The van der Waals surface area contributed by atoms with Crippen molar-refractivity contribution in [3.05, 3.63) is 63.9 Å². The summed E-state index contributed by atoms with van der Waals surface area (Å²) in [5.41, 5.74) is 1.54. The molecule has 1 aromatic carbocycles. The van der Waals surface area contributed by atoms with Gasteiger partial charge in [0.2, 0.25) is 11.5 Å². The Morgan fingerprint density at radius 1 is 1.21 bits per heavy atom. The Hall–Kier alpha value is -2.74. The van der Waals surface area contributed by atoms with Gasteiger partial charge in [-0.3, -0.25) is 9.32 Å². The van der Waals surface area contributed by atoms with E-state index in [9.17, 15) is 9.59 Å². The maximum atomic E-state index is 12.5. The van der Waals surface area contributed by atoms with E-state index in [2.05, 4.69) is 15.2 Å². The van der Waals surface area contributed by atoms with Gasteiger partial charge < -0.3 is 0 Å². The Kier molecular flexibility index (Phi) is 4.57. The molecule has 3 aromatic rings. The van der Waals surface area contributed by atoms with E-state index in [-0.39, 0.29) is 17.2 Å². The molecular formula is C16H15N4O3S+.